The number of likely N-dealkylation sites (N-methyl/N-ethyl adjacent to an activating group) is 1. The van der Waals surface area contributed by atoms with E-state index in [1.165, 1.54) is 18.1 Å². The third-order valence-electron chi connectivity index (χ3n) is 7.02. The van der Waals surface area contributed by atoms with Gasteiger partial charge in [-0.25, -0.2) is 14.6 Å². The highest BCUT2D eigenvalue weighted by atomic mass is 32.1. The molecule has 1 aromatic heterocycles. The second kappa shape index (κ2) is 9.14. The first kappa shape index (κ1) is 23.0. The van der Waals surface area contributed by atoms with Crippen molar-refractivity contribution in [3.8, 4) is 11.1 Å². The number of carbonyl (C=O) groups excluding carboxylic acids is 2. The van der Waals surface area contributed by atoms with Crippen LogP contribution >= 0.6 is 11.3 Å². The number of ether oxygens (including phenoxy) is 1. The molecule has 2 aromatic carbocycles. The molecule has 0 radical (unpaired) electrons. The van der Waals surface area contributed by atoms with Crippen molar-refractivity contribution < 1.29 is 24.2 Å². The van der Waals surface area contributed by atoms with E-state index in [2.05, 4.69) is 34.6 Å². The quantitative estimate of drug-likeness (QED) is 0.511. The van der Waals surface area contributed by atoms with Gasteiger partial charge >= 0.3 is 12.1 Å². The molecule has 0 unspecified atom stereocenters. The number of hydrogen-bond acceptors (Lipinski definition) is 6. The second-order valence-corrected chi connectivity index (χ2v) is 9.97. The van der Waals surface area contributed by atoms with Gasteiger partial charge in [0, 0.05) is 13.0 Å². The second-order valence-electron chi connectivity index (χ2n) is 8.85. The van der Waals surface area contributed by atoms with E-state index in [1.807, 2.05) is 24.3 Å². The fraction of sp³-hybridized carbons (Fsp3) is 0.308. The van der Waals surface area contributed by atoms with E-state index >= 15 is 0 Å². The maximum absolute atomic E-state index is 12.8. The van der Waals surface area contributed by atoms with Crippen LogP contribution in [0.1, 0.15) is 51.0 Å². The zero-order chi connectivity index (χ0) is 24.6. The largest absolute Gasteiger partial charge is 0.479 e. The molecule has 0 atom stereocenters. The molecule has 2 amide bonds. The molecule has 0 spiro atoms. The van der Waals surface area contributed by atoms with Crippen molar-refractivity contribution in [2.45, 2.75) is 37.3 Å². The van der Waals surface area contributed by atoms with E-state index < -0.39 is 17.6 Å². The van der Waals surface area contributed by atoms with E-state index in [-0.39, 0.29) is 25.0 Å². The van der Waals surface area contributed by atoms with Gasteiger partial charge in [-0.15, -0.1) is 11.3 Å². The van der Waals surface area contributed by atoms with Crippen LogP contribution < -0.4 is 5.32 Å². The minimum Gasteiger partial charge on any atom is -0.479 e. The summed E-state index contributed by atoms with van der Waals surface area (Å²) in [4.78, 5) is 42.8. The van der Waals surface area contributed by atoms with Crippen molar-refractivity contribution >= 4 is 29.3 Å². The number of hydrogen-bond donors (Lipinski definition) is 2. The van der Waals surface area contributed by atoms with Gasteiger partial charge in [0.2, 0.25) is 0 Å². The van der Waals surface area contributed by atoms with Crippen molar-refractivity contribution in [1.29, 1.82) is 0 Å². The Morgan fingerprint density at radius 3 is 2.31 bits per heavy atom. The fourth-order valence-electron chi connectivity index (χ4n) is 4.85. The van der Waals surface area contributed by atoms with E-state index in [4.69, 9.17) is 4.74 Å². The van der Waals surface area contributed by atoms with Gasteiger partial charge < -0.3 is 20.1 Å². The van der Waals surface area contributed by atoms with Crippen LogP contribution in [0.15, 0.2) is 54.7 Å². The van der Waals surface area contributed by atoms with Gasteiger partial charge in [-0.3, -0.25) is 4.79 Å². The van der Waals surface area contributed by atoms with Crippen LogP contribution in [0.5, 0.6) is 0 Å². The smallest absolute Gasteiger partial charge is 0.407 e. The Balaban J connectivity index is 1.17. The summed E-state index contributed by atoms with van der Waals surface area (Å²) >= 11 is 1.13. The number of carboxylic acid groups (broad SMARTS) is 1. The van der Waals surface area contributed by atoms with Crippen LogP contribution in [-0.2, 0) is 16.1 Å². The average molecular weight is 492 g/mol. The van der Waals surface area contributed by atoms with Crippen LogP contribution in [0.3, 0.4) is 0 Å². The van der Waals surface area contributed by atoms with Crippen molar-refractivity contribution in [3.05, 3.63) is 75.7 Å². The number of amides is 2. The predicted molar refractivity (Wildman–Crippen MR) is 130 cm³/mol. The summed E-state index contributed by atoms with van der Waals surface area (Å²) in [5.41, 5.74) is 3.46. The summed E-state index contributed by atoms with van der Waals surface area (Å²) in [5.74, 6) is -1.39. The van der Waals surface area contributed by atoms with Gasteiger partial charge in [0.1, 0.15) is 22.0 Å². The van der Waals surface area contributed by atoms with Gasteiger partial charge in [0.05, 0.1) is 12.7 Å². The number of alkyl carbamates (subject to hydrolysis) is 1. The summed E-state index contributed by atoms with van der Waals surface area (Å²) in [6, 6.07) is 16.3. The maximum Gasteiger partial charge on any atom is 0.407 e. The summed E-state index contributed by atoms with van der Waals surface area (Å²) < 4.78 is 5.53. The number of rotatable bonds is 7. The Morgan fingerprint density at radius 1 is 1.11 bits per heavy atom. The topological polar surface area (TPSA) is 109 Å². The number of benzene rings is 2. The number of carboxylic acids is 1. The van der Waals surface area contributed by atoms with Crippen LogP contribution in [-0.4, -0.2) is 52.2 Å². The lowest BCUT2D eigenvalue weighted by Crippen LogP contribution is -2.59. The molecule has 5 rings (SSSR count). The molecule has 180 valence electrons. The number of fused-ring (bicyclic) bond motifs is 3. The van der Waals surface area contributed by atoms with Gasteiger partial charge in [-0.05, 0) is 41.5 Å². The Hall–Kier alpha value is -3.72. The van der Waals surface area contributed by atoms with Crippen molar-refractivity contribution in [1.82, 2.24) is 15.2 Å². The molecule has 2 aliphatic carbocycles. The Morgan fingerprint density at radius 2 is 1.74 bits per heavy atom. The molecule has 8 nitrogen and oxygen atoms in total. The molecule has 2 aliphatic rings. The van der Waals surface area contributed by atoms with E-state index in [0.717, 1.165) is 40.0 Å². The lowest BCUT2D eigenvalue weighted by atomic mass is 9.75. The average Bonchev–Trinajstić information content (AvgIpc) is 3.43. The molecule has 9 heteroatoms. The fourth-order valence-corrected chi connectivity index (χ4v) is 5.69. The number of nitrogens with zero attached hydrogens (tertiary/aromatic N) is 2. The lowest BCUT2D eigenvalue weighted by molar-refractivity contribution is -0.154. The molecule has 2 N–H and O–H groups in total. The monoisotopic (exact) mass is 491 g/mol. The van der Waals surface area contributed by atoms with Crippen molar-refractivity contribution in [2.75, 3.05) is 13.7 Å². The Labute approximate surface area is 206 Å². The maximum atomic E-state index is 12.8. The first-order valence-electron chi connectivity index (χ1n) is 11.5. The minimum atomic E-state index is -1.14. The minimum absolute atomic E-state index is 0.0270. The molecule has 0 aliphatic heterocycles. The predicted octanol–water partition coefficient (Wildman–Crippen LogP) is 4.26. The number of carbonyl (C=O) groups is 3. The highest BCUT2D eigenvalue weighted by molar-refractivity contribution is 7.13. The van der Waals surface area contributed by atoms with Gasteiger partial charge in [-0.2, -0.15) is 0 Å². The summed E-state index contributed by atoms with van der Waals surface area (Å²) in [6.45, 7) is 0.325. The third kappa shape index (κ3) is 4.05. The van der Waals surface area contributed by atoms with Gasteiger partial charge in [0.25, 0.3) is 5.91 Å². The van der Waals surface area contributed by atoms with Crippen LogP contribution in [0, 0.1) is 0 Å². The zero-order valence-electron chi connectivity index (χ0n) is 19.2. The van der Waals surface area contributed by atoms with Crippen LogP contribution in [0.4, 0.5) is 4.79 Å². The molecule has 1 heterocycles. The zero-order valence-corrected chi connectivity index (χ0v) is 20.0. The third-order valence-corrected chi connectivity index (χ3v) is 8.00. The SMILES string of the molecule is CN(C(=O)c1cnc(CNC(=O)OCC2c3ccccc3-c3ccccc32)s1)C1(C(=O)O)CCC1. The molecule has 0 saturated heterocycles. The Bertz CT molecular complexity index is 1250. The van der Waals surface area contributed by atoms with Crippen molar-refractivity contribution in [2.24, 2.45) is 0 Å². The molecule has 35 heavy (non-hydrogen) atoms. The number of aromatic nitrogens is 1. The van der Waals surface area contributed by atoms with Crippen molar-refractivity contribution in [3.63, 3.8) is 0 Å². The summed E-state index contributed by atoms with van der Waals surface area (Å²) in [5, 5.41) is 12.8. The molecular formula is C26H25N3O5S. The normalized spacial score (nSPS) is 15.5. The highest BCUT2D eigenvalue weighted by Gasteiger charge is 2.50. The number of nitrogens with one attached hydrogen (secondary N) is 1. The first-order chi connectivity index (χ1) is 16.9. The number of thiazole rings is 1. The molecule has 1 saturated carbocycles. The summed E-state index contributed by atoms with van der Waals surface area (Å²) in [7, 11) is 1.52. The van der Waals surface area contributed by atoms with Gasteiger partial charge in [-0.1, -0.05) is 48.5 Å². The molecular weight excluding hydrogens is 466 g/mol. The first-order valence-corrected chi connectivity index (χ1v) is 12.3. The van der Waals surface area contributed by atoms with Crippen LogP contribution in [0.2, 0.25) is 0 Å². The van der Waals surface area contributed by atoms with Crippen LogP contribution in [0.25, 0.3) is 11.1 Å². The van der Waals surface area contributed by atoms with E-state index in [9.17, 15) is 19.5 Å². The van der Waals surface area contributed by atoms with E-state index in [0.29, 0.717) is 22.7 Å². The molecule has 0 bridgehead atoms. The summed E-state index contributed by atoms with van der Waals surface area (Å²) in [6.07, 6.45) is 2.53. The Kier molecular flexibility index (Phi) is 6.02. The standard InChI is InChI=1S/C26H25N3O5S/c1-29(26(24(31)32)11-6-12-26)23(30)21-13-27-22(35-21)14-28-25(33)34-15-20-18-9-4-2-7-16(18)17-8-3-5-10-19(17)20/h2-5,7-10,13,20H,6,11-12,14-15H2,1H3,(H,28,33)(H,31,32). The molecule has 1 fully saturated rings. The lowest BCUT2D eigenvalue weighted by Gasteiger charge is -2.44. The molecule has 3 aromatic rings. The highest BCUT2D eigenvalue weighted by Crippen LogP contribution is 2.44. The van der Waals surface area contributed by atoms with E-state index in [1.54, 1.807) is 0 Å². The number of aliphatic carboxylic acids is 1. The van der Waals surface area contributed by atoms with Gasteiger partial charge in [0.15, 0.2) is 0 Å².